The second-order valence-corrected chi connectivity index (χ2v) is 16.2. The number of hydrogen-bond donors (Lipinski definition) is 0. The summed E-state index contributed by atoms with van der Waals surface area (Å²) in [6.07, 6.45) is 0. The highest BCUT2D eigenvalue weighted by Gasteiger charge is 2.18. The minimum absolute atomic E-state index is 1.11. The van der Waals surface area contributed by atoms with Crippen molar-refractivity contribution in [2.75, 3.05) is 9.80 Å². The monoisotopic (exact) mass is 818 g/mol. The van der Waals surface area contributed by atoms with E-state index >= 15 is 0 Å². The topological polar surface area (TPSA) is 16.3 Å². The van der Waals surface area contributed by atoms with Gasteiger partial charge in [0.1, 0.15) is 0 Å². The van der Waals surface area contributed by atoms with E-state index < -0.39 is 0 Å². The highest BCUT2D eigenvalue weighted by atomic mass is 15.1. The fourth-order valence-electron chi connectivity index (χ4n) is 9.57. The smallest absolute Gasteiger partial charge is 0.0541 e. The lowest BCUT2D eigenvalue weighted by molar-refractivity contribution is 1.17. The third-order valence-corrected chi connectivity index (χ3v) is 12.5. The number of hydrogen-bond acceptors (Lipinski definition) is 2. The number of aromatic nitrogens is 2. The molecule has 0 radical (unpaired) electrons. The maximum absolute atomic E-state index is 2.40. The average molecular weight is 819 g/mol. The Kier molecular flexibility index (Phi) is 9.12. The van der Waals surface area contributed by atoms with Crippen LogP contribution in [0.4, 0.5) is 34.1 Å². The number of rotatable bonds is 9. The van der Waals surface area contributed by atoms with Crippen LogP contribution in [-0.2, 0) is 0 Å². The number of anilines is 6. The van der Waals surface area contributed by atoms with Gasteiger partial charge < -0.3 is 18.9 Å². The molecular weight excluding hydrogens is 777 g/mol. The van der Waals surface area contributed by atoms with E-state index in [1.54, 1.807) is 0 Å². The average Bonchev–Trinajstić information content (AvgIpc) is 3.88. The zero-order chi connectivity index (χ0) is 42.4. The van der Waals surface area contributed by atoms with E-state index in [2.05, 4.69) is 274 Å². The van der Waals surface area contributed by atoms with Crippen molar-refractivity contribution in [3.63, 3.8) is 0 Å². The molecule has 0 aliphatic carbocycles. The van der Waals surface area contributed by atoms with Crippen molar-refractivity contribution in [1.82, 2.24) is 9.13 Å². The second-order valence-electron chi connectivity index (χ2n) is 16.2. The van der Waals surface area contributed by atoms with Crippen molar-refractivity contribution in [2.45, 2.75) is 0 Å². The quantitative estimate of drug-likeness (QED) is 0.144. The van der Waals surface area contributed by atoms with E-state index in [4.69, 9.17) is 0 Å². The van der Waals surface area contributed by atoms with Crippen LogP contribution in [0.3, 0.4) is 0 Å². The summed E-state index contributed by atoms with van der Waals surface area (Å²) in [4.78, 5) is 4.61. The zero-order valence-corrected chi connectivity index (χ0v) is 35.0. The maximum Gasteiger partial charge on any atom is 0.0541 e. The van der Waals surface area contributed by atoms with Crippen LogP contribution in [0.1, 0.15) is 0 Å². The SMILES string of the molecule is c1ccc(N(c2ccccc2)c2ccc(-n3c4ccccc4c4cc(-c5ccc6c(c5)c5ccccc5n6-c5ccc(N(c6ccccc6)c6ccccc6)cc5)ccc43)cc2)cc1. The third kappa shape index (κ3) is 6.40. The van der Waals surface area contributed by atoms with Gasteiger partial charge in [0.05, 0.1) is 22.1 Å². The molecule has 12 aromatic rings. The molecule has 12 rings (SSSR count). The third-order valence-electron chi connectivity index (χ3n) is 12.5. The van der Waals surface area contributed by atoms with Gasteiger partial charge in [0.2, 0.25) is 0 Å². The molecular formula is C60H42N4. The van der Waals surface area contributed by atoms with Crippen LogP contribution in [0.15, 0.2) is 255 Å². The molecule has 10 aromatic carbocycles. The lowest BCUT2D eigenvalue weighted by atomic mass is 10.0. The van der Waals surface area contributed by atoms with E-state index in [9.17, 15) is 0 Å². The molecule has 0 bridgehead atoms. The Labute approximate surface area is 372 Å². The number of para-hydroxylation sites is 6. The van der Waals surface area contributed by atoms with E-state index in [1.807, 2.05) is 0 Å². The second kappa shape index (κ2) is 15.7. The van der Waals surface area contributed by atoms with Crippen LogP contribution >= 0.6 is 0 Å². The molecule has 302 valence electrons. The van der Waals surface area contributed by atoms with Gasteiger partial charge in [-0.1, -0.05) is 121 Å². The standard InChI is InChI=1S/C60H42N4/c1-5-17-45(18-6-1)61(46-19-7-2-8-20-46)49-31-35-51(36-32-49)63-57-27-15-13-25-53(57)55-41-43(29-39-59(55)63)44-30-40-60-56(42-44)54-26-14-16-28-58(54)64(60)52-37-33-50(34-38-52)62(47-21-9-3-10-22-47)48-23-11-4-12-24-48/h1-42H. The van der Waals surface area contributed by atoms with Crippen LogP contribution in [0.25, 0.3) is 66.1 Å². The van der Waals surface area contributed by atoms with Crippen molar-refractivity contribution < 1.29 is 0 Å². The molecule has 2 heterocycles. The summed E-state index contributed by atoms with van der Waals surface area (Å²) in [5.74, 6) is 0. The zero-order valence-electron chi connectivity index (χ0n) is 35.0. The first kappa shape index (κ1) is 37.2. The Bertz CT molecular complexity index is 3250. The first-order valence-electron chi connectivity index (χ1n) is 21.8. The fraction of sp³-hybridized carbons (Fsp3) is 0. The molecule has 4 nitrogen and oxygen atoms in total. The van der Waals surface area contributed by atoms with Crippen LogP contribution in [-0.4, -0.2) is 9.13 Å². The molecule has 2 aromatic heterocycles. The van der Waals surface area contributed by atoms with Gasteiger partial charge in [-0.25, -0.2) is 0 Å². The van der Waals surface area contributed by atoms with Gasteiger partial charge in [0, 0.05) is 67.0 Å². The van der Waals surface area contributed by atoms with Crippen LogP contribution in [0.2, 0.25) is 0 Å². The van der Waals surface area contributed by atoms with E-state index in [0.29, 0.717) is 0 Å². The molecule has 0 fully saturated rings. The Morgan fingerprint density at radius 3 is 0.844 bits per heavy atom. The first-order chi connectivity index (χ1) is 31.8. The maximum atomic E-state index is 2.40. The molecule has 0 atom stereocenters. The summed E-state index contributed by atoms with van der Waals surface area (Å²) in [6, 6.07) is 91.6. The molecule has 0 N–H and O–H groups in total. The van der Waals surface area contributed by atoms with Crippen LogP contribution in [0, 0.1) is 0 Å². The molecule has 0 unspecified atom stereocenters. The minimum Gasteiger partial charge on any atom is -0.311 e. The van der Waals surface area contributed by atoms with Crippen molar-refractivity contribution in [3.05, 3.63) is 255 Å². The summed E-state index contributed by atoms with van der Waals surface area (Å²) in [6.45, 7) is 0. The normalized spacial score (nSPS) is 11.4. The molecule has 0 spiro atoms. The first-order valence-corrected chi connectivity index (χ1v) is 21.8. The van der Waals surface area contributed by atoms with E-state index in [1.165, 1.54) is 54.7 Å². The molecule has 0 aliphatic rings. The van der Waals surface area contributed by atoms with Crippen LogP contribution < -0.4 is 9.80 Å². The van der Waals surface area contributed by atoms with Gasteiger partial charge in [0.15, 0.2) is 0 Å². The number of nitrogens with zero attached hydrogens (tertiary/aromatic N) is 4. The Balaban J connectivity index is 0.921. The summed E-state index contributed by atoms with van der Waals surface area (Å²) >= 11 is 0. The predicted molar refractivity (Wildman–Crippen MR) is 270 cm³/mol. The fourth-order valence-corrected chi connectivity index (χ4v) is 9.57. The summed E-state index contributed by atoms with van der Waals surface area (Å²) in [5.41, 5.74) is 16.1. The molecule has 0 saturated carbocycles. The highest BCUT2D eigenvalue weighted by molar-refractivity contribution is 6.12. The summed E-state index contributed by atoms with van der Waals surface area (Å²) in [5, 5.41) is 4.93. The number of fused-ring (bicyclic) bond motifs is 6. The lowest BCUT2D eigenvalue weighted by Crippen LogP contribution is -2.09. The van der Waals surface area contributed by atoms with Gasteiger partial charge in [-0.3, -0.25) is 0 Å². The largest absolute Gasteiger partial charge is 0.311 e. The van der Waals surface area contributed by atoms with Crippen molar-refractivity contribution >= 4 is 77.7 Å². The Morgan fingerprint density at radius 1 is 0.219 bits per heavy atom. The van der Waals surface area contributed by atoms with E-state index in [0.717, 1.165) is 45.5 Å². The molecule has 0 amide bonds. The van der Waals surface area contributed by atoms with Gasteiger partial charge >= 0.3 is 0 Å². The predicted octanol–water partition coefficient (Wildman–Crippen LogP) is 16.5. The lowest BCUT2D eigenvalue weighted by Gasteiger charge is -2.25. The summed E-state index contributed by atoms with van der Waals surface area (Å²) in [7, 11) is 0. The van der Waals surface area contributed by atoms with Gasteiger partial charge in [0.25, 0.3) is 0 Å². The number of benzene rings is 10. The van der Waals surface area contributed by atoms with Crippen molar-refractivity contribution in [1.29, 1.82) is 0 Å². The Hall–Kier alpha value is -8.60. The molecule has 0 saturated heterocycles. The molecule has 64 heavy (non-hydrogen) atoms. The van der Waals surface area contributed by atoms with Gasteiger partial charge in [-0.15, -0.1) is 0 Å². The van der Waals surface area contributed by atoms with Crippen molar-refractivity contribution in [3.8, 4) is 22.5 Å². The van der Waals surface area contributed by atoms with Gasteiger partial charge in [-0.05, 0) is 145 Å². The van der Waals surface area contributed by atoms with Crippen LogP contribution in [0.5, 0.6) is 0 Å². The van der Waals surface area contributed by atoms with Gasteiger partial charge in [-0.2, -0.15) is 0 Å². The van der Waals surface area contributed by atoms with Crippen molar-refractivity contribution in [2.24, 2.45) is 0 Å². The molecule has 4 heteroatoms. The Morgan fingerprint density at radius 2 is 0.500 bits per heavy atom. The molecule has 0 aliphatic heterocycles. The summed E-state index contributed by atoms with van der Waals surface area (Å²) < 4.78 is 4.79. The minimum atomic E-state index is 1.11. The highest BCUT2D eigenvalue weighted by Crippen LogP contribution is 2.41. The van der Waals surface area contributed by atoms with E-state index in [-0.39, 0.29) is 0 Å².